The minimum Gasteiger partial charge on any atom is -0.301 e. The molecular weight excluding hydrogens is 122 g/mol. The quantitative estimate of drug-likeness (QED) is 0.400. The van der Waals surface area contributed by atoms with Crippen LogP contribution >= 0.6 is 12.2 Å². The van der Waals surface area contributed by atoms with E-state index < -0.39 is 0 Å². The summed E-state index contributed by atoms with van der Waals surface area (Å²) in [6, 6.07) is -0.204. The number of likely N-dealkylation sites (N-methyl/N-ethyl adjacent to an activating group) is 1. The van der Waals surface area contributed by atoms with Gasteiger partial charge in [-0.15, -0.1) is 0 Å². The van der Waals surface area contributed by atoms with Gasteiger partial charge in [0.1, 0.15) is 6.29 Å². The highest BCUT2D eigenvalue weighted by Gasteiger charge is 2.02. The molecule has 0 bridgehead atoms. The first-order chi connectivity index (χ1) is 3.72. The molecule has 0 aliphatic rings. The van der Waals surface area contributed by atoms with Gasteiger partial charge >= 0.3 is 0 Å². The lowest BCUT2D eigenvalue weighted by Crippen LogP contribution is -2.29. The minimum absolute atomic E-state index is 0.204. The van der Waals surface area contributed by atoms with E-state index in [-0.39, 0.29) is 6.04 Å². The molecule has 0 fully saturated rings. The molecule has 2 nitrogen and oxygen atoms in total. The second-order valence-electron chi connectivity index (χ2n) is 1.73. The van der Waals surface area contributed by atoms with E-state index in [4.69, 9.17) is 0 Å². The van der Waals surface area contributed by atoms with E-state index in [9.17, 15) is 4.79 Å². The molecule has 1 atom stereocenters. The molecule has 8 heavy (non-hydrogen) atoms. The third-order valence-electron chi connectivity index (χ3n) is 0.875. The summed E-state index contributed by atoms with van der Waals surface area (Å²) >= 11 is 4.55. The maximum Gasteiger partial charge on any atom is 0.141 e. The molecule has 0 amide bonds. The van der Waals surface area contributed by atoms with Gasteiger partial charge in [0.2, 0.25) is 0 Å². The van der Waals surface area contributed by atoms with Gasteiger partial charge in [-0.1, -0.05) is 12.2 Å². The summed E-state index contributed by atoms with van der Waals surface area (Å²) in [5, 5.41) is 1.44. The Morgan fingerprint density at radius 2 is 2.12 bits per heavy atom. The van der Waals surface area contributed by atoms with Crippen LogP contribution in [0.3, 0.4) is 0 Å². The Morgan fingerprint density at radius 3 is 2.12 bits per heavy atom. The lowest BCUT2D eigenvalue weighted by atomic mass is 10.4. The summed E-state index contributed by atoms with van der Waals surface area (Å²) in [5.74, 6) is 0. The van der Waals surface area contributed by atoms with Gasteiger partial charge in [-0.05, 0) is 14.1 Å². The Balaban J connectivity index is 3.68. The molecule has 0 spiro atoms. The van der Waals surface area contributed by atoms with Crippen LogP contribution in [0, 0.1) is 0 Å². The normalized spacial score (nSPS) is 13.4. The average molecular weight is 131 g/mol. The number of carbonyl (C=O) groups is 1. The fourth-order valence-electron chi connectivity index (χ4n) is 0.276. The van der Waals surface area contributed by atoms with Crippen LogP contribution in [0.15, 0.2) is 0 Å². The van der Waals surface area contributed by atoms with Crippen LogP contribution in [0.1, 0.15) is 0 Å². The number of hydrogen-bond donors (Lipinski definition) is 0. The standard InChI is InChI=1S/C5H9NOS/c1-6(2)5(3-7)4-8/h3-5H,1-2H3. The monoisotopic (exact) mass is 131 g/mol. The van der Waals surface area contributed by atoms with Gasteiger partial charge in [-0.3, -0.25) is 4.90 Å². The van der Waals surface area contributed by atoms with E-state index in [1.165, 1.54) is 5.37 Å². The zero-order valence-electron chi connectivity index (χ0n) is 5.00. The molecule has 0 heterocycles. The number of carbonyl (C=O) groups excluding carboxylic acids is 1. The highest BCUT2D eigenvalue weighted by Crippen LogP contribution is 1.82. The predicted octanol–water partition coefficient (Wildman–Crippen LogP) is 0.115. The predicted molar refractivity (Wildman–Crippen MR) is 37.2 cm³/mol. The number of hydrogen-bond acceptors (Lipinski definition) is 3. The van der Waals surface area contributed by atoms with Crippen molar-refractivity contribution < 1.29 is 4.79 Å². The average Bonchev–Trinajstić information content (AvgIpc) is 1.69. The van der Waals surface area contributed by atoms with Crippen molar-refractivity contribution in [1.29, 1.82) is 0 Å². The second kappa shape index (κ2) is 3.69. The van der Waals surface area contributed by atoms with E-state index >= 15 is 0 Å². The molecular formula is C5H9NOS. The van der Waals surface area contributed by atoms with Gasteiger partial charge in [-0.2, -0.15) is 0 Å². The molecule has 46 valence electrons. The summed E-state index contributed by atoms with van der Waals surface area (Å²) in [7, 11) is 3.61. The molecule has 1 unspecified atom stereocenters. The van der Waals surface area contributed by atoms with E-state index in [1.807, 2.05) is 14.1 Å². The van der Waals surface area contributed by atoms with Gasteiger partial charge in [0.05, 0.1) is 6.04 Å². The minimum atomic E-state index is -0.204. The molecule has 3 heteroatoms. The summed E-state index contributed by atoms with van der Waals surface area (Å²) < 4.78 is 0. The zero-order chi connectivity index (χ0) is 6.57. The van der Waals surface area contributed by atoms with E-state index in [1.54, 1.807) is 4.90 Å². The fraction of sp³-hybridized carbons (Fsp3) is 0.600. The first-order valence-corrected chi connectivity index (χ1v) is 2.76. The van der Waals surface area contributed by atoms with Crippen LogP contribution in [0.5, 0.6) is 0 Å². The molecule has 0 saturated heterocycles. The lowest BCUT2D eigenvalue weighted by molar-refractivity contribution is -0.109. The van der Waals surface area contributed by atoms with Crippen molar-refractivity contribution in [1.82, 2.24) is 4.90 Å². The fourth-order valence-corrected chi connectivity index (χ4v) is 0.583. The van der Waals surface area contributed by atoms with Gasteiger partial charge in [-0.25, -0.2) is 0 Å². The largest absolute Gasteiger partial charge is 0.301 e. The molecule has 0 radical (unpaired) electrons. The second-order valence-corrected chi connectivity index (χ2v) is 2.00. The topological polar surface area (TPSA) is 20.3 Å². The van der Waals surface area contributed by atoms with Crippen LogP contribution in [-0.2, 0) is 4.79 Å². The molecule has 0 aromatic carbocycles. The van der Waals surface area contributed by atoms with Gasteiger partial charge < -0.3 is 4.79 Å². The van der Waals surface area contributed by atoms with Crippen molar-refractivity contribution in [3.05, 3.63) is 0 Å². The van der Waals surface area contributed by atoms with Crippen molar-refractivity contribution >= 4 is 23.9 Å². The summed E-state index contributed by atoms with van der Waals surface area (Å²) in [4.78, 5) is 11.8. The van der Waals surface area contributed by atoms with Crippen LogP contribution < -0.4 is 0 Å². The van der Waals surface area contributed by atoms with E-state index in [2.05, 4.69) is 12.2 Å². The van der Waals surface area contributed by atoms with Crippen molar-refractivity contribution in [2.24, 2.45) is 0 Å². The molecule has 0 rings (SSSR count). The number of nitrogens with zero attached hydrogens (tertiary/aromatic N) is 1. The molecule has 0 N–H and O–H groups in total. The van der Waals surface area contributed by atoms with Crippen molar-refractivity contribution in [3.8, 4) is 0 Å². The SMILES string of the molecule is CN(C)C(C=O)C=S. The van der Waals surface area contributed by atoms with Crippen molar-refractivity contribution in [2.75, 3.05) is 14.1 Å². The Bertz CT molecular complexity index is 84.4. The van der Waals surface area contributed by atoms with Crippen molar-refractivity contribution in [3.63, 3.8) is 0 Å². The Hall–Kier alpha value is -0.280. The molecule has 0 saturated carbocycles. The number of rotatable bonds is 3. The number of aldehydes is 1. The van der Waals surface area contributed by atoms with E-state index in [0.717, 1.165) is 6.29 Å². The summed E-state index contributed by atoms with van der Waals surface area (Å²) in [6.07, 6.45) is 0.812. The lowest BCUT2D eigenvalue weighted by Gasteiger charge is -2.11. The van der Waals surface area contributed by atoms with Crippen LogP contribution in [-0.4, -0.2) is 36.7 Å². The maximum atomic E-state index is 10.0. The van der Waals surface area contributed by atoms with Gasteiger partial charge in [0.25, 0.3) is 0 Å². The van der Waals surface area contributed by atoms with Crippen LogP contribution in [0.4, 0.5) is 0 Å². The van der Waals surface area contributed by atoms with Crippen LogP contribution in [0.2, 0.25) is 0 Å². The van der Waals surface area contributed by atoms with Crippen molar-refractivity contribution in [2.45, 2.75) is 6.04 Å². The molecule has 0 aliphatic heterocycles. The summed E-state index contributed by atoms with van der Waals surface area (Å²) in [6.45, 7) is 0. The zero-order valence-corrected chi connectivity index (χ0v) is 5.81. The van der Waals surface area contributed by atoms with Crippen LogP contribution in [0.25, 0.3) is 0 Å². The Labute approximate surface area is 54.5 Å². The Kier molecular flexibility index (Phi) is 3.56. The molecule has 0 aliphatic carbocycles. The van der Waals surface area contributed by atoms with Gasteiger partial charge in [0.15, 0.2) is 0 Å². The van der Waals surface area contributed by atoms with Gasteiger partial charge in [0, 0.05) is 5.37 Å². The highest BCUT2D eigenvalue weighted by molar-refractivity contribution is 7.79. The smallest absolute Gasteiger partial charge is 0.141 e. The summed E-state index contributed by atoms with van der Waals surface area (Å²) in [5.41, 5.74) is 0. The third kappa shape index (κ3) is 2.14. The number of thiocarbonyl (C=S) groups is 1. The Morgan fingerprint density at radius 1 is 1.62 bits per heavy atom. The third-order valence-corrected chi connectivity index (χ3v) is 1.15. The molecule has 0 aromatic rings. The molecule has 0 aromatic heterocycles. The van der Waals surface area contributed by atoms with E-state index in [0.29, 0.717) is 0 Å². The first-order valence-electron chi connectivity index (χ1n) is 2.29. The highest BCUT2D eigenvalue weighted by atomic mass is 32.1. The first kappa shape index (κ1) is 7.72. The maximum absolute atomic E-state index is 10.0.